The Morgan fingerprint density at radius 3 is 1.53 bits per heavy atom. The van der Waals surface area contributed by atoms with Gasteiger partial charge < -0.3 is 4.48 Å². The number of nitrogens with zero attached hydrogens (tertiary/aromatic N) is 1. The fraction of sp³-hybridized carbons (Fsp3) is 1.00. The summed E-state index contributed by atoms with van der Waals surface area (Å²) in [6.07, 6.45) is 12.2. The van der Waals surface area contributed by atoms with E-state index in [1.165, 1.54) is 43.0 Å². The maximum Gasteiger partial charge on any atom is 0.0921 e. The van der Waals surface area contributed by atoms with Crippen molar-refractivity contribution in [3.8, 4) is 0 Å². The molecule has 1 heterocycles. The lowest BCUT2D eigenvalue weighted by molar-refractivity contribution is -0.929. The van der Waals surface area contributed by atoms with Gasteiger partial charge in [0, 0.05) is 11.8 Å². The van der Waals surface area contributed by atoms with Crippen LogP contribution in [0.1, 0.15) is 51.4 Å². The molecule has 1 saturated heterocycles. The first-order valence-electron chi connectivity index (χ1n) is 7.04. The standard InChI is InChI=1S/C14H26N/c1-15(2)13-9-5-3-7-11(13)12-8-4-6-10-14(12)15/h11-14H,3-10H2,1-2H3/q+1. The van der Waals surface area contributed by atoms with E-state index in [1.807, 2.05) is 0 Å². The van der Waals surface area contributed by atoms with Crippen LogP contribution in [-0.2, 0) is 0 Å². The lowest BCUT2D eigenvalue weighted by Crippen LogP contribution is -2.52. The van der Waals surface area contributed by atoms with Gasteiger partial charge >= 0.3 is 0 Å². The fourth-order valence-corrected chi connectivity index (χ4v) is 5.18. The second kappa shape index (κ2) is 3.48. The second-order valence-electron chi connectivity index (χ2n) is 6.66. The number of hydrogen-bond donors (Lipinski definition) is 0. The molecular weight excluding hydrogens is 182 g/mol. The molecule has 3 fully saturated rings. The summed E-state index contributed by atoms with van der Waals surface area (Å²) in [5.41, 5.74) is 0. The van der Waals surface area contributed by atoms with Gasteiger partial charge in [-0.3, -0.25) is 0 Å². The minimum absolute atomic E-state index is 1.02. The first-order valence-corrected chi connectivity index (χ1v) is 7.04. The zero-order valence-electron chi connectivity index (χ0n) is 10.4. The first-order chi connectivity index (χ1) is 7.21. The lowest BCUT2D eigenvalue weighted by atomic mass is 9.73. The summed E-state index contributed by atoms with van der Waals surface area (Å²) in [4.78, 5) is 0. The topological polar surface area (TPSA) is 0 Å². The van der Waals surface area contributed by atoms with Crippen LogP contribution in [0.15, 0.2) is 0 Å². The van der Waals surface area contributed by atoms with Crippen LogP contribution >= 0.6 is 0 Å². The van der Waals surface area contributed by atoms with E-state index >= 15 is 0 Å². The molecule has 0 N–H and O–H groups in total. The summed E-state index contributed by atoms with van der Waals surface area (Å²) in [6, 6.07) is 2.04. The van der Waals surface area contributed by atoms with Crippen molar-refractivity contribution >= 4 is 0 Å². The molecule has 1 heteroatoms. The van der Waals surface area contributed by atoms with Gasteiger partial charge in [-0.2, -0.15) is 0 Å². The average Bonchev–Trinajstić information content (AvgIpc) is 2.51. The molecule has 1 aliphatic heterocycles. The van der Waals surface area contributed by atoms with Gasteiger partial charge in [-0.25, -0.2) is 0 Å². The third kappa shape index (κ3) is 1.39. The van der Waals surface area contributed by atoms with Gasteiger partial charge in [0.1, 0.15) is 0 Å². The van der Waals surface area contributed by atoms with Gasteiger partial charge in [-0.1, -0.05) is 12.8 Å². The Kier molecular flexibility index (Phi) is 2.35. The van der Waals surface area contributed by atoms with Crippen molar-refractivity contribution in [2.75, 3.05) is 14.1 Å². The molecule has 1 nitrogen and oxygen atoms in total. The molecule has 0 aromatic rings. The molecule has 0 bridgehead atoms. The van der Waals surface area contributed by atoms with Gasteiger partial charge in [0.25, 0.3) is 0 Å². The van der Waals surface area contributed by atoms with Crippen LogP contribution in [0.3, 0.4) is 0 Å². The molecule has 3 rings (SSSR count). The fourth-order valence-electron chi connectivity index (χ4n) is 5.18. The van der Waals surface area contributed by atoms with Gasteiger partial charge in [0.15, 0.2) is 0 Å². The van der Waals surface area contributed by atoms with Gasteiger partial charge in [0.2, 0.25) is 0 Å². The molecule has 3 aliphatic rings. The largest absolute Gasteiger partial charge is 0.323 e. The minimum atomic E-state index is 1.02. The number of rotatable bonds is 0. The van der Waals surface area contributed by atoms with E-state index in [-0.39, 0.29) is 0 Å². The predicted molar refractivity (Wildman–Crippen MR) is 63.6 cm³/mol. The van der Waals surface area contributed by atoms with E-state index in [4.69, 9.17) is 0 Å². The molecule has 0 radical (unpaired) electrons. The van der Waals surface area contributed by atoms with Crippen molar-refractivity contribution < 1.29 is 4.48 Å². The quantitative estimate of drug-likeness (QED) is 0.536. The summed E-state index contributed by atoms with van der Waals surface area (Å²) in [6.45, 7) is 0. The van der Waals surface area contributed by atoms with Crippen LogP contribution in [0, 0.1) is 11.8 Å². The highest BCUT2D eigenvalue weighted by Crippen LogP contribution is 2.51. The van der Waals surface area contributed by atoms with E-state index in [9.17, 15) is 0 Å². The summed E-state index contributed by atoms with van der Waals surface area (Å²) >= 11 is 0. The highest BCUT2D eigenvalue weighted by atomic mass is 15.4. The van der Waals surface area contributed by atoms with Crippen molar-refractivity contribution in [3.63, 3.8) is 0 Å². The molecule has 0 aromatic heterocycles. The normalized spacial score (nSPS) is 48.4. The summed E-state index contributed by atoms with van der Waals surface area (Å²) < 4.78 is 1.37. The Balaban J connectivity index is 1.90. The molecular formula is C14H26N+. The molecule has 15 heavy (non-hydrogen) atoms. The van der Waals surface area contributed by atoms with Gasteiger partial charge in [0.05, 0.1) is 26.2 Å². The molecule has 2 aliphatic carbocycles. The van der Waals surface area contributed by atoms with E-state index < -0.39 is 0 Å². The lowest BCUT2D eigenvalue weighted by Gasteiger charge is -2.41. The Morgan fingerprint density at radius 2 is 1.07 bits per heavy atom. The highest BCUT2D eigenvalue weighted by molar-refractivity contribution is 4.94. The number of fused-ring (bicyclic) bond motifs is 3. The van der Waals surface area contributed by atoms with Gasteiger partial charge in [-0.15, -0.1) is 0 Å². The molecule has 86 valence electrons. The van der Waals surface area contributed by atoms with E-state index in [0.717, 1.165) is 23.9 Å². The molecule has 4 unspecified atom stereocenters. The zero-order valence-corrected chi connectivity index (χ0v) is 10.4. The molecule has 0 spiro atoms. The van der Waals surface area contributed by atoms with Crippen LogP contribution in [-0.4, -0.2) is 30.7 Å². The molecule has 0 amide bonds. The summed E-state index contributed by atoms with van der Waals surface area (Å²) in [5.74, 6) is 2.19. The Hall–Kier alpha value is -0.0400. The minimum Gasteiger partial charge on any atom is -0.323 e. The Morgan fingerprint density at radius 1 is 0.667 bits per heavy atom. The van der Waals surface area contributed by atoms with E-state index in [0.29, 0.717) is 0 Å². The van der Waals surface area contributed by atoms with Crippen LogP contribution in [0.2, 0.25) is 0 Å². The Labute approximate surface area is 94.4 Å². The molecule has 4 atom stereocenters. The number of hydrogen-bond acceptors (Lipinski definition) is 0. The van der Waals surface area contributed by atoms with Crippen LogP contribution in [0.25, 0.3) is 0 Å². The number of quaternary nitrogens is 1. The predicted octanol–water partition coefficient (Wildman–Crippen LogP) is 3.19. The maximum atomic E-state index is 2.53. The van der Waals surface area contributed by atoms with E-state index in [1.54, 1.807) is 12.8 Å². The molecule has 0 aromatic carbocycles. The summed E-state index contributed by atoms with van der Waals surface area (Å²) in [7, 11) is 5.05. The van der Waals surface area contributed by atoms with Crippen LogP contribution in [0.4, 0.5) is 0 Å². The Bertz CT molecular complexity index is 222. The summed E-state index contributed by atoms with van der Waals surface area (Å²) in [5, 5.41) is 0. The SMILES string of the molecule is C[N+]1(C)C2CCCCC2C2CCCCC21. The van der Waals surface area contributed by atoms with Crippen LogP contribution < -0.4 is 0 Å². The smallest absolute Gasteiger partial charge is 0.0921 e. The monoisotopic (exact) mass is 208 g/mol. The van der Waals surface area contributed by atoms with Crippen LogP contribution in [0.5, 0.6) is 0 Å². The third-order valence-electron chi connectivity index (χ3n) is 5.82. The van der Waals surface area contributed by atoms with E-state index in [2.05, 4.69) is 14.1 Å². The third-order valence-corrected chi connectivity index (χ3v) is 5.82. The number of likely N-dealkylation sites (tertiary alicyclic amines) is 1. The first kappa shape index (κ1) is 10.1. The van der Waals surface area contributed by atoms with Crippen molar-refractivity contribution in [3.05, 3.63) is 0 Å². The van der Waals surface area contributed by atoms with Crippen molar-refractivity contribution in [1.82, 2.24) is 0 Å². The molecule has 2 saturated carbocycles. The maximum absolute atomic E-state index is 2.53. The van der Waals surface area contributed by atoms with Crippen molar-refractivity contribution in [2.24, 2.45) is 11.8 Å². The average molecular weight is 208 g/mol. The van der Waals surface area contributed by atoms with Gasteiger partial charge in [-0.05, 0) is 38.5 Å². The zero-order chi connectivity index (χ0) is 10.5. The second-order valence-corrected chi connectivity index (χ2v) is 6.66. The van der Waals surface area contributed by atoms with Crippen molar-refractivity contribution in [1.29, 1.82) is 0 Å². The highest BCUT2D eigenvalue weighted by Gasteiger charge is 2.56. The van der Waals surface area contributed by atoms with Crippen molar-refractivity contribution in [2.45, 2.75) is 63.5 Å².